The van der Waals surface area contributed by atoms with Crippen LogP contribution in [0.15, 0.2) is 60.7 Å². The molecule has 0 aromatic heterocycles. The summed E-state index contributed by atoms with van der Waals surface area (Å²) in [6.45, 7) is 2.10. The zero-order valence-electron chi connectivity index (χ0n) is 17.8. The number of nitrogens with one attached hydrogen (secondary N) is 2. The molecule has 3 aromatic rings. The van der Waals surface area contributed by atoms with Crippen molar-refractivity contribution in [3.63, 3.8) is 0 Å². The molecule has 10 heteroatoms. The number of halogens is 3. The first-order chi connectivity index (χ1) is 15.5. The van der Waals surface area contributed by atoms with E-state index in [1.807, 2.05) is 42.5 Å². The van der Waals surface area contributed by atoms with Gasteiger partial charge in [-0.15, -0.1) is 12.4 Å². The molecule has 0 aliphatic rings. The number of ether oxygens (including phenoxy) is 2. The Kier molecular flexibility index (Phi) is 10.5. The first kappa shape index (κ1) is 26.5. The summed E-state index contributed by atoms with van der Waals surface area (Å²) in [6, 6.07) is 17.6. The first-order valence-corrected chi connectivity index (χ1v) is 10.7. The average Bonchev–Trinajstić information content (AvgIpc) is 2.79. The lowest BCUT2D eigenvalue weighted by Gasteiger charge is -2.16. The number of nitrogens with zero attached hydrogens (tertiary/aromatic N) is 1. The topological polar surface area (TPSA) is 85.7 Å². The molecule has 0 heterocycles. The molecule has 0 atom stereocenters. The van der Waals surface area contributed by atoms with E-state index < -0.39 is 4.92 Å². The molecule has 0 saturated carbocycles. The maximum absolute atomic E-state index is 10.8. The Morgan fingerprint density at radius 3 is 2.42 bits per heavy atom. The van der Waals surface area contributed by atoms with Crippen LogP contribution in [-0.2, 0) is 13.2 Å². The molecule has 0 fully saturated rings. The second kappa shape index (κ2) is 13.1. The zero-order chi connectivity index (χ0) is 22.9. The predicted octanol–water partition coefficient (Wildman–Crippen LogP) is 6.11. The van der Waals surface area contributed by atoms with Gasteiger partial charge < -0.3 is 20.1 Å². The number of nitro benzene ring substituents is 1. The van der Waals surface area contributed by atoms with Crippen LogP contribution in [0.1, 0.15) is 11.1 Å². The van der Waals surface area contributed by atoms with Gasteiger partial charge in [-0.1, -0.05) is 53.5 Å². The number of hydrogen-bond acceptors (Lipinski definition) is 6. The summed E-state index contributed by atoms with van der Waals surface area (Å²) in [5.41, 5.74) is 2.44. The maximum atomic E-state index is 10.8. The molecule has 3 rings (SSSR count). The summed E-state index contributed by atoms with van der Waals surface area (Å²) in [5.74, 6) is 1.31. The summed E-state index contributed by atoms with van der Waals surface area (Å²) in [4.78, 5) is 10.3. The molecule has 0 spiro atoms. The van der Waals surface area contributed by atoms with Crippen molar-refractivity contribution in [1.29, 1.82) is 0 Å². The Labute approximate surface area is 208 Å². The minimum Gasteiger partial charge on any atom is -0.493 e. The summed E-state index contributed by atoms with van der Waals surface area (Å²) in [5, 5.41) is 18.3. The molecule has 3 aromatic carbocycles. The number of non-ortho nitro benzene ring substituents is 1. The van der Waals surface area contributed by atoms with Crippen molar-refractivity contribution in [2.75, 3.05) is 25.5 Å². The van der Waals surface area contributed by atoms with Gasteiger partial charge in [0.05, 0.1) is 22.7 Å². The minimum atomic E-state index is -0.475. The molecule has 0 unspecified atom stereocenters. The normalized spacial score (nSPS) is 10.3. The third-order valence-corrected chi connectivity index (χ3v) is 5.39. The van der Waals surface area contributed by atoms with Crippen molar-refractivity contribution in [2.45, 2.75) is 13.2 Å². The fraction of sp³-hybridized carbons (Fsp3) is 0.217. The van der Waals surface area contributed by atoms with E-state index in [4.69, 9.17) is 32.7 Å². The van der Waals surface area contributed by atoms with E-state index in [1.54, 1.807) is 13.2 Å². The molecule has 0 bridgehead atoms. The quantitative estimate of drug-likeness (QED) is 0.183. The number of nitro groups is 1. The number of methoxy groups -OCH3 is 1. The zero-order valence-corrected chi connectivity index (χ0v) is 20.2. The number of para-hydroxylation sites is 1. The SMILES string of the molecule is COc1cccc(CNCCNc2ccc([N+](=O)[O-])cc2Cl)c1OCc1ccccc1Cl.Cl. The van der Waals surface area contributed by atoms with Crippen LogP contribution in [0.25, 0.3) is 0 Å². The third-order valence-electron chi connectivity index (χ3n) is 4.71. The standard InChI is InChI=1S/C23H23Cl2N3O4.ClH/c1-31-22-8-4-6-16(23(22)32-15-17-5-2-3-7-19(17)24)14-26-11-12-27-21-10-9-18(28(29)30)13-20(21)25;/h2-10,13,26-27H,11-12,14-15H2,1H3;1H. The summed E-state index contributed by atoms with van der Waals surface area (Å²) >= 11 is 12.3. The Morgan fingerprint density at radius 1 is 0.970 bits per heavy atom. The number of benzene rings is 3. The largest absolute Gasteiger partial charge is 0.493 e. The van der Waals surface area contributed by atoms with E-state index in [2.05, 4.69) is 10.6 Å². The Bertz CT molecular complexity index is 1080. The molecule has 0 saturated heterocycles. The van der Waals surface area contributed by atoms with Gasteiger partial charge in [-0.05, 0) is 18.2 Å². The van der Waals surface area contributed by atoms with Crippen molar-refractivity contribution in [1.82, 2.24) is 5.32 Å². The van der Waals surface area contributed by atoms with Crippen molar-refractivity contribution >= 4 is 47.0 Å². The predicted molar refractivity (Wildman–Crippen MR) is 134 cm³/mol. The number of anilines is 1. The fourth-order valence-corrected chi connectivity index (χ4v) is 3.49. The van der Waals surface area contributed by atoms with Crippen LogP contribution in [0.5, 0.6) is 11.5 Å². The number of hydrogen-bond donors (Lipinski definition) is 2. The molecule has 0 aliphatic heterocycles. The van der Waals surface area contributed by atoms with E-state index >= 15 is 0 Å². The van der Waals surface area contributed by atoms with Crippen LogP contribution in [0.3, 0.4) is 0 Å². The van der Waals surface area contributed by atoms with Gasteiger partial charge in [0.15, 0.2) is 11.5 Å². The maximum Gasteiger partial charge on any atom is 0.271 e. The second-order valence-electron chi connectivity index (χ2n) is 6.85. The van der Waals surface area contributed by atoms with Gasteiger partial charge in [0, 0.05) is 47.9 Å². The van der Waals surface area contributed by atoms with Crippen LogP contribution >= 0.6 is 35.6 Å². The molecule has 0 aliphatic carbocycles. The van der Waals surface area contributed by atoms with Gasteiger partial charge in [0.1, 0.15) is 6.61 Å². The van der Waals surface area contributed by atoms with E-state index in [-0.39, 0.29) is 18.1 Å². The Morgan fingerprint density at radius 2 is 1.73 bits per heavy atom. The van der Waals surface area contributed by atoms with E-state index in [1.165, 1.54) is 12.1 Å². The van der Waals surface area contributed by atoms with E-state index in [0.717, 1.165) is 11.1 Å². The van der Waals surface area contributed by atoms with E-state index in [0.29, 0.717) is 53.5 Å². The highest BCUT2D eigenvalue weighted by atomic mass is 35.5. The highest BCUT2D eigenvalue weighted by Gasteiger charge is 2.12. The molecule has 0 amide bonds. The lowest BCUT2D eigenvalue weighted by atomic mass is 10.1. The van der Waals surface area contributed by atoms with Crippen LogP contribution in [-0.4, -0.2) is 25.1 Å². The van der Waals surface area contributed by atoms with Gasteiger partial charge in [-0.2, -0.15) is 0 Å². The molecule has 176 valence electrons. The van der Waals surface area contributed by atoms with Gasteiger partial charge in [-0.25, -0.2) is 0 Å². The lowest BCUT2D eigenvalue weighted by Crippen LogP contribution is -2.22. The Balaban J connectivity index is 0.00000385. The van der Waals surface area contributed by atoms with Gasteiger partial charge in [0.2, 0.25) is 0 Å². The monoisotopic (exact) mass is 511 g/mol. The highest BCUT2D eigenvalue weighted by Crippen LogP contribution is 2.32. The van der Waals surface area contributed by atoms with Crippen molar-refractivity contribution in [3.8, 4) is 11.5 Å². The average molecular weight is 513 g/mol. The minimum absolute atomic E-state index is 0. The van der Waals surface area contributed by atoms with Crippen LogP contribution < -0.4 is 20.1 Å². The number of rotatable bonds is 11. The van der Waals surface area contributed by atoms with Gasteiger partial charge in [-0.3, -0.25) is 10.1 Å². The molecule has 0 radical (unpaired) electrons. The van der Waals surface area contributed by atoms with Crippen molar-refractivity contribution < 1.29 is 14.4 Å². The summed E-state index contributed by atoms with van der Waals surface area (Å²) in [7, 11) is 1.60. The summed E-state index contributed by atoms with van der Waals surface area (Å²) < 4.78 is 11.5. The van der Waals surface area contributed by atoms with Crippen LogP contribution in [0.2, 0.25) is 10.0 Å². The molecule has 33 heavy (non-hydrogen) atoms. The van der Waals surface area contributed by atoms with Crippen LogP contribution in [0.4, 0.5) is 11.4 Å². The Hall–Kier alpha value is -2.71. The fourth-order valence-electron chi connectivity index (χ4n) is 3.06. The van der Waals surface area contributed by atoms with Gasteiger partial charge >= 0.3 is 0 Å². The first-order valence-electron chi connectivity index (χ1n) is 9.90. The van der Waals surface area contributed by atoms with Crippen LogP contribution in [0, 0.1) is 10.1 Å². The molecular formula is C23H24Cl3N3O4. The second-order valence-corrected chi connectivity index (χ2v) is 7.67. The van der Waals surface area contributed by atoms with E-state index in [9.17, 15) is 10.1 Å². The third kappa shape index (κ3) is 7.40. The molecule has 7 nitrogen and oxygen atoms in total. The van der Waals surface area contributed by atoms with Gasteiger partial charge in [0.25, 0.3) is 5.69 Å². The summed E-state index contributed by atoms with van der Waals surface area (Å²) in [6.07, 6.45) is 0. The lowest BCUT2D eigenvalue weighted by molar-refractivity contribution is -0.384. The van der Waals surface area contributed by atoms with Crippen molar-refractivity contribution in [2.24, 2.45) is 0 Å². The van der Waals surface area contributed by atoms with Crippen molar-refractivity contribution in [3.05, 3.63) is 92.0 Å². The molecule has 2 N–H and O–H groups in total. The molecular weight excluding hydrogens is 489 g/mol. The smallest absolute Gasteiger partial charge is 0.271 e. The highest BCUT2D eigenvalue weighted by molar-refractivity contribution is 6.33.